The first-order chi connectivity index (χ1) is 10.1. The highest BCUT2D eigenvalue weighted by atomic mass is 16.4. The zero-order valence-electron chi connectivity index (χ0n) is 12.2. The Labute approximate surface area is 123 Å². The lowest BCUT2D eigenvalue weighted by Gasteiger charge is -2.38. The van der Waals surface area contributed by atoms with Crippen molar-refractivity contribution in [3.8, 4) is 0 Å². The average Bonchev–Trinajstić information content (AvgIpc) is 2.91. The van der Waals surface area contributed by atoms with E-state index < -0.39 is 12.0 Å². The van der Waals surface area contributed by atoms with E-state index in [1.165, 1.54) is 0 Å². The predicted octanol–water partition coefficient (Wildman–Crippen LogP) is 2.17. The molecule has 1 aliphatic heterocycles. The monoisotopic (exact) mass is 285 g/mol. The Morgan fingerprint density at radius 2 is 2.19 bits per heavy atom. The maximum Gasteiger partial charge on any atom is 0.325 e. The molecule has 0 fully saturated rings. The molecule has 0 radical (unpaired) electrons. The third-order valence-electron chi connectivity index (χ3n) is 4.26. The Morgan fingerprint density at radius 3 is 2.86 bits per heavy atom. The van der Waals surface area contributed by atoms with E-state index in [1.54, 1.807) is 4.68 Å². The lowest BCUT2D eigenvalue weighted by Crippen LogP contribution is -2.41. The van der Waals surface area contributed by atoms with Gasteiger partial charge in [0.25, 0.3) is 0 Å². The van der Waals surface area contributed by atoms with Crippen LogP contribution >= 0.6 is 0 Å². The van der Waals surface area contributed by atoms with Gasteiger partial charge in [-0.1, -0.05) is 24.3 Å². The molecule has 3 rings (SSSR count). The van der Waals surface area contributed by atoms with Gasteiger partial charge in [-0.25, -0.2) is 0 Å². The number of nitrogens with zero attached hydrogens (tertiary/aromatic N) is 3. The summed E-state index contributed by atoms with van der Waals surface area (Å²) in [5.74, 6) is -0.794. The van der Waals surface area contributed by atoms with Gasteiger partial charge in [0.05, 0.1) is 6.20 Å². The summed E-state index contributed by atoms with van der Waals surface area (Å²) in [5.41, 5.74) is 3.09. The fourth-order valence-electron chi connectivity index (χ4n) is 3.13. The first-order valence-electron chi connectivity index (χ1n) is 7.13. The van der Waals surface area contributed by atoms with E-state index in [0.717, 1.165) is 29.7 Å². The van der Waals surface area contributed by atoms with Gasteiger partial charge in [0, 0.05) is 31.4 Å². The Bertz CT molecular complexity index is 665. The van der Waals surface area contributed by atoms with Crippen LogP contribution in [0.3, 0.4) is 0 Å². The van der Waals surface area contributed by atoms with Gasteiger partial charge in [-0.3, -0.25) is 14.4 Å². The SMILES string of the molecule is CC(c1cnn(C)c1)N1CCc2ccccc2C1C(=O)O. The van der Waals surface area contributed by atoms with Crippen molar-refractivity contribution in [1.82, 2.24) is 14.7 Å². The summed E-state index contributed by atoms with van der Waals surface area (Å²) in [5, 5.41) is 13.9. The lowest BCUT2D eigenvalue weighted by atomic mass is 9.91. The third-order valence-corrected chi connectivity index (χ3v) is 4.26. The quantitative estimate of drug-likeness (QED) is 0.939. The maximum atomic E-state index is 11.8. The van der Waals surface area contributed by atoms with Crippen molar-refractivity contribution in [3.05, 3.63) is 53.3 Å². The number of rotatable bonds is 3. The lowest BCUT2D eigenvalue weighted by molar-refractivity contribution is -0.145. The van der Waals surface area contributed by atoms with Crippen molar-refractivity contribution in [2.45, 2.75) is 25.4 Å². The summed E-state index contributed by atoms with van der Waals surface area (Å²) in [6.45, 7) is 2.78. The zero-order valence-corrected chi connectivity index (χ0v) is 12.2. The summed E-state index contributed by atoms with van der Waals surface area (Å²) in [6.07, 6.45) is 4.64. The molecule has 0 amide bonds. The van der Waals surface area contributed by atoms with Gasteiger partial charge in [-0.15, -0.1) is 0 Å². The number of carboxylic acids is 1. The minimum atomic E-state index is -0.794. The maximum absolute atomic E-state index is 11.8. The number of aryl methyl sites for hydroxylation is 1. The number of aromatic nitrogens is 2. The van der Waals surface area contributed by atoms with E-state index in [2.05, 4.69) is 5.10 Å². The van der Waals surface area contributed by atoms with Crippen LogP contribution in [0, 0.1) is 0 Å². The van der Waals surface area contributed by atoms with Crippen molar-refractivity contribution >= 4 is 5.97 Å². The van der Waals surface area contributed by atoms with Crippen molar-refractivity contribution in [1.29, 1.82) is 0 Å². The number of benzene rings is 1. The van der Waals surface area contributed by atoms with Gasteiger partial charge in [0.2, 0.25) is 0 Å². The summed E-state index contributed by atoms with van der Waals surface area (Å²) >= 11 is 0. The largest absolute Gasteiger partial charge is 0.480 e. The highest BCUT2D eigenvalue weighted by Crippen LogP contribution is 2.36. The van der Waals surface area contributed by atoms with Gasteiger partial charge < -0.3 is 5.11 Å². The highest BCUT2D eigenvalue weighted by Gasteiger charge is 2.36. The van der Waals surface area contributed by atoms with Gasteiger partial charge in [-0.05, 0) is 24.5 Å². The Kier molecular flexibility index (Phi) is 3.51. The number of aliphatic carboxylic acids is 1. The minimum absolute atomic E-state index is 0.0214. The highest BCUT2D eigenvalue weighted by molar-refractivity contribution is 5.76. The fourth-order valence-corrected chi connectivity index (χ4v) is 3.13. The molecule has 1 aromatic carbocycles. The van der Waals surface area contributed by atoms with Crippen LogP contribution in [0.4, 0.5) is 0 Å². The second-order valence-corrected chi connectivity index (χ2v) is 5.55. The molecule has 2 aromatic rings. The molecule has 5 nitrogen and oxygen atoms in total. The third kappa shape index (κ3) is 2.45. The molecule has 1 aliphatic rings. The van der Waals surface area contributed by atoms with Crippen LogP contribution < -0.4 is 0 Å². The number of carboxylic acid groups (broad SMARTS) is 1. The smallest absolute Gasteiger partial charge is 0.325 e. The number of fused-ring (bicyclic) bond motifs is 1. The molecule has 5 heteroatoms. The fraction of sp³-hybridized carbons (Fsp3) is 0.375. The number of hydrogen-bond donors (Lipinski definition) is 1. The molecule has 1 aromatic heterocycles. The summed E-state index contributed by atoms with van der Waals surface area (Å²) in [4.78, 5) is 13.8. The van der Waals surface area contributed by atoms with Crippen LogP contribution in [0.5, 0.6) is 0 Å². The molecular formula is C16H19N3O2. The van der Waals surface area contributed by atoms with Crippen LogP contribution in [-0.2, 0) is 18.3 Å². The second kappa shape index (κ2) is 5.33. The summed E-state index contributed by atoms with van der Waals surface area (Å²) < 4.78 is 1.75. The van der Waals surface area contributed by atoms with Crippen molar-refractivity contribution in [3.63, 3.8) is 0 Å². The molecule has 0 spiro atoms. The van der Waals surface area contributed by atoms with Gasteiger partial charge in [-0.2, -0.15) is 5.10 Å². The predicted molar refractivity (Wildman–Crippen MR) is 78.9 cm³/mol. The number of carbonyl (C=O) groups is 1. The Hall–Kier alpha value is -2.14. The van der Waals surface area contributed by atoms with Crippen molar-refractivity contribution < 1.29 is 9.90 Å². The molecule has 2 atom stereocenters. The molecule has 21 heavy (non-hydrogen) atoms. The van der Waals surface area contributed by atoms with E-state index in [1.807, 2.05) is 55.5 Å². The Balaban J connectivity index is 1.97. The molecule has 2 unspecified atom stereocenters. The molecule has 0 saturated heterocycles. The molecule has 0 saturated carbocycles. The van der Waals surface area contributed by atoms with Crippen LogP contribution in [0.15, 0.2) is 36.7 Å². The van der Waals surface area contributed by atoms with E-state index in [9.17, 15) is 9.90 Å². The second-order valence-electron chi connectivity index (χ2n) is 5.55. The van der Waals surface area contributed by atoms with E-state index in [4.69, 9.17) is 0 Å². The summed E-state index contributed by atoms with van der Waals surface area (Å²) in [6, 6.07) is 7.26. The zero-order chi connectivity index (χ0) is 15.0. The number of hydrogen-bond acceptors (Lipinski definition) is 3. The minimum Gasteiger partial charge on any atom is -0.480 e. The van der Waals surface area contributed by atoms with Crippen LogP contribution in [0.1, 0.15) is 35.7 Å². The van der Waals surface area contributed by atoms with E-state index in [0.29, 0.717) is 0 Å². The summed E-state index contributed by atoms with van der Waals surface area (Å²) in [7, 11) is 1.87. The molecule has 2 heterocycles. The first-order valence-corrected chi connectivity index (χ1v) is 7.13. The van der Waals surface area contributed by atoms with Gasteiger partial charge >= 0.3 is 5.97 Å². The van der Waals surface area contributed by atoms with Crippen LogP contribution in [0.2, 0.25) is 0 Å². The molecule has 110 valence electrons. The van der Waals surface area contributed by atoms with Crippen LogP contribution in [-0.4, -0.2) is 32.3 Å². The standard InChI is InChI=1S/C16H19N3O2/c1-11(13-9-17-18(2)10-13)19-8-7-12-5-3-4-6-14(12)15(19)16(20)21/h3-6,9-11,15H,7-8H2,1-2H3,(H,20,21). The molecule has 1 N–H and O–H groups in total. The first kappa shape index (κ1) is 13.8. The van der Waals surface area contributed by atoms with Crippen LogP contribution in [0.25, 0.3) is 0 Å². The average molecular weight is 285 g/mol. The molecule has 0 aliphatic carbocycles. The normalized spacial score (nSPS) is 20.0. The molecular weight excluding hydrogens is 266 g/mol. The van der Waals surface area contributed by atoms with E-state index >= 15 is 0 Å². The van der Waals surface area contributed by atoms with E-state index in [-0.39, 0.29) is 6.04 Å². The van der Waals surface area contributed by atoms with Gasteiger partial charge in [0.1, 0.15) is 6.04 Å². The topological polar surface area (TPSA) is 58.4 Å². The van der Waals surface area contributed by atoms with Gasteiger partial charge in [0.15, 0.2) is 0 Å². The van der Waals surface area contributed by atoms with Crippen molar-refractivity contribution in [2.24, 2.45) is 7.05 Å². The Morgan fingerprint density at radius 1 is 1.43 bits per heavy atom. The van der Waals surface area contributed by atoms with Crippen molar-refractivity contribution in [2.75, 3.05) is 6.54 Å². The molecule has 0 bridgehead atoms.